The second kappa shape index (κ2) is 6.35. The zero-order chi connectivity index (χ0) is 18.5. The van der Waals surface area contributed by atoms with Crippen molar-refractivity contribution >= 4 is 17.1 Å². The molecule has 3 aromatic rings. The number of aromatic nitrogens is 1. The molecular formula is C24H23N3O. The number of hydrogen-bond donors (Lipinski definition) is 1. The molecule has 0 radical (unpaired) electrons. The Morgan fingerprint density at radius 1 is 0.786 bits per heavy atom. The lowest BCUT2D eigenvalue weighted by atomic mass is 9.88. The Balaban J connectivity index is 1.51. The van der Waals surface area contributed by atoms with E-state index in [0.29, 0.717) is 18.0 Å². The van der Waals surface area contributed by atoms with Gasteiger partial charge in [0.25, 0.3) is 0 Å². The average Bonchev–Trinajstić information content (AvgIpc) is 3.09. The Labute approximate surface area is 165 Å². The van der Waals surface area contributed by atoms with E-state index in [1.807, 2.05) is 30.5 Å². The van der Waals surface area contributed by atoms with Crippen LogP contribution in [0.1, 0.15) is 37.3 Å². The standard InChI is InChI=1S/C24H23N3O/c1-3-9-22-19(6-1)27(20-7-2-4-10-23(20)28-22)21-8-5-13-25-24(21)16-14-17-11-12-18(15-16)26-17/h1-10,13,16-18,26H,11-12,14-15H2. The minimum Gasteiger partial charge on any atom is -0.453 e. The van der Waals surface area contributed by atoms with Crippen LogP contribution in [0.25, 0.3) is 0 Å². The van der Waals surface area contributed by atoms with Crippen LogP contribution in [-0.2, 0) is 0 Å². The van der Waals surface area contributed by atoms with E-state index in [1.165, 1.54) is 37.1 Å². The smallest absolute Gasteiger partial charge is 0.151 e. The maximum absolute atomic E-state index is 6.19. The van der Waals surface area contributed by atoms with Crippen molar-refractivity contribution in [3.05, 3.63) is 72.6 Å². The Hall–Kier alpha value is -2.85. The predicted molar refractivity (Wildman–Crippen MR) is 111 cm³/mol. The highest BCUT2D eigenvalue weighted by Gasteiger charge is 2.37. The molecule has 0 aliphatic carbocycles. The number of fused-ring (bicyclic) bond motifs is 4. The number of rotatable bonds is 2. The first-order chi connectivity index (χ1) is 13.9. The van der Waals surface area contributed by atoms with E-state index >= 15 is 0 Å². The number of anilines is 3. The van der Waals surface area contributed by atoms with Gasteiger partial charge in [0.2, 0.25) is 0 Å². The van der Waals surface area contributed by atoms with Crippen molar-refractivity contribution < 1.29 is 4.74 Å². The maximum atomic E-state index is 6.19. The van der Waals surface area contributed by atoms with Gasteiger partial charge in [-0.2, -0.15) is 0 Å². The van der Waals surface area contributed by atoms with Crippen LogP contribution in [0.4, 0.5) is 17.1 Å². The van der Waals surface area contributed by atoms with E-state index in [2.05, 4.69) is 46.6 Å². The molecule has 140 valence electrons. The Morgan fingerprint density at radius 2 is 1.39 bits per heavy atom. The molecule has 2 fully saturated rings. The summed E-state index contributed by atoms with van der Waals surface area (Å²) in [5.74, 6) is 2.28. The zero-order valence-electron chi connectivity index (χ0n) is 15.7. The van der Waals surface area contributed by atoms with Gasteiger partial charge in [-0.25, -0.2) is 0 Å². The molecule has 4 nitrogen and oxygen atoms in total. The van der Waals surface area contributed by atoms with E-state index in [-0.39, 0.29) is 0 Å². The lowest BCUT2D eigenvalue weighted by Gasteiger charge is -2.36. The molecule has 2 unspecified atom stereocenters. The normalized spacial score (nSPS) is 25.0. The fourth-order valence-electron chi connectivity index (χ4n) is 5.16. The van der Waals surface area contributed by atoms with Gasteiger partial charge in [0, 0.05) is 24.2 Å². The largest absolute Gasteiger partial charge is 0.453 e. The Morgan fingerprint density at radius 3 is 2.07 bits per heavy atom. The van der Waals surface area contributed by atoms with Crippen LogP contribution >= 0.6 is 0 Å². The molecule has 0 amide bonds. The van der Waals surface area contributed by atoms with Gasteiger partial charge in [-0.3, -0.25) is 4.98 Å². The molecule has 1 N–H and O–H groups in total. The van der Waals surface area contributed by atoms with E-state index in [1.54, 1.807) is 0 Å². The summed E-state index contributed by atoms with van der Waals surface area (Å²) in [6.45, 7) is 0. The summed E-state index contributed by atoms with van der Waals surface area (Å²) in [5, 5.41) is 3.76. The highest BCUT2D eigenvalue weighted by Crippen LogP contribution is 2.52. The minimum absolute atomic E-state index is 0.497. The second-order valence-corrected chi connectivity index (χ2v) is 8.09. The van der Waals surface area contributed by atoms with Gasteiger partial charge in [0.1, 0.15) is 0 Å². The summed E-state index contributed by atoms with van der Waals surface area (Å²) < 4.78 is 6.19. The van der Waals surface area contributed by atoms with Crippen LogP contribution in [0, 0.1) is 0 Å². The molecule has 3 aliphatic rings. The number of nitrogens with one attached hydrogen (secondary N) is 1. The first-order valence-corrected chi connectivity index (χ1v) is 10.2. The van der Waals surface area contributed by atoms with E-state index in [4.69, 9.17) is 9.72 Å². The fourth-order valence-corrected chi connectivity index (χ4v) is 5.16. The number of piperidine rings is 1. The molecule has 4 heteroatoms. The first kappa shape index (κ1) is 16.1. The monoisotopic (exact) mass is 369 g/mol. The van der Waals surface area contributed by atoms with Crippen molar-refractivity contribution in [3.8, 4) is 11.5 Å². The van der Waals surface area contributed by atoms with Crippen molar-refractivity contribution in [2.75, 3.05) is 4.90 Å². The molecule has 4 heterocycles. The molecule has 28 heavy (non-hydrogen) atoms. The maximum Gasteiger partial charge on any atom is 0.151 e. The number of hydrogen-bond acceptors (Lipinski definition) is 4. The van der Waals surface area contributed by atoms with Crippen LogP contribution in [0.15, 0.2) is 66.9 Å². The van der Waals surface area contributed by atoms with Crippen molar-refractivity contribution in [2.24, 2.45) is 0 Å². The summed E-state index contributed by atoms with van der Waals surface area (Å²) in [5.41, 5.74) is 4.55. The van der Waals surface area contributed by atoms with E-state index in [0.717, 1.165) is 22.9 Å². The van der Waals surface area contributed by atoms with Gasteiger partial charge in [-0.1, -0.05) is 24.3 Å². The zero-order valence-corrected chi connectivity index (χ0v) is 15.7. The van der Waals surface area contributed by atoms with Gasteiger partial charge in [-0.05, 0) is 62.1 Å². The van der Waals surface area contributed by atoms with Gasteiger partial charge in [0.05, 0.1) is 22.8 Å². The predicted octanol–water partition coefficient (Wildman–Crippen LogP) is 5.66. The fraction of sp³-hybridized carbons (Fsp3) is 0.292. The van der Waals surface area contributed by atoms with Crippen molar-refractivity contribution in [1.29, 1.82) is 0 Å². The summed E-state index contributed by atoms with van der Waals surface area (Å²) in [4.78, 5) is 7.24. The van der Waals surface area contributed by atoms with Gasteiger partial charge in [-0.15, -0.1) is 0 Å². The number of ether oxygens (including phenoxy) is 1. The van der Waals surface area contributed by atoms with E-state index in [9.17, 15) is 0 Å². The number of nitrogens with zero attached hydrogens (tertiary/aromatic N) is 2. The highest BCUT2D eigenvalue weighted by molar-refractivity contribution is 5.86. The summed E-state index contributed by atoms with van der Waals surface area (Å²) in [6, 6.07) is 22.1. The third-order valence-electron chi connectivity index (χ3n) is 6.35. The van der Waals surface area contributed by atoms with Crippen LogP contribution < -0.4 is 15.0 Å². The second-order valence-electron chi connectivity index (χ2n) is 8.09. The lowest BCUT2D eigenvalue weighted by molar-refractivity contribution is 0.359. The average molecular weight is 369 g/mol. The Kier molecular flexibility index (Phi) is 3.66. The molecule has 2 bridgehead atoms. The van der Waals surface area contributed by atoms with E-state index < -0.39 is 0 Å². The molecule has 2 saturated heterocycles. The van der Waals surface area contributed by atoms with Crippen LogP contribution in [-0.4, -0.2) is 17.1 Å². The van der Waals surface area contributed by atoms with Crippen LogP contribution in [0.3, 0.4) is 0 Å². The minimum atomic E-state index is 0.497. The lowest BCUT2D eigenvalue weighted by Crippen LogP contribution is -2.37. The Bertz CT molecular complexity index is 976. The molecule has 6 rings (SSSR count). The summed E-state index contributed by atoms with van der Waals surface area (Å²) >= 11 is 0. The van der Waals surface area contributed by atoms with Crippen LogP contribution in [0.2, 0.25) is 0 Å². The summed E-state index contributed by atoms with van der Waals surface area (Å²) in [7, 11) is 0. The SMILES string of the molecule is c1ccc2c(c1)Oc1ccccc1N2c1cccnc1C1CC2CCC(C1)N2. The van der Waals surface area contributed by atoms with Crippen molar-refractivity contribution in [3.63, 3.8) is 0 Å². The number of benzene rings is 2. The first-order valence-electron chi connectivity index (χ1n) is 10.2. The molecule has 2 atom stereocenters. The number of para-hydroxylation sites is 4. The van der Waals surface area contributed by atoms with Crippen LogP contribution in [0.5, 0.6) is 11.5 Å². The van der Waals surface area contributed by atoms with Gasteiger partial charge >= 0.3 is 0 Å². The quantitative estimate of drug-likeness (QED) is 0.495. The molecule has 1 aromatic heterocycles. The van der Waals surface area contributed by atoms with Crippen molar-refractivity contribution in [2.45, 2.75) is 43.7 Å². The van der Waals surface area contributed by atoms with Gasteiger partial charge in [0.15, 0.2) is 11.5 Å². The molecule has 3 aliphatic heterocycles. The topological polar surface area (TPSA) is 37.4 Å². The molecule has 0 spiro atoms. The highest BCUT2D eigenvalue weighted by atomic mass is 16.5. The van der Waals surface area contributed by atoms with Crippen molar-refractivity contribution in [1.82, 2.24) is 10.3 Å². The third-order valence-corrected chi connectivity index (χ3v) is 6.35. The number of pyridine rings is 1. The molecule has 0 saturated carbocycles. The van der Waals surface area contributed by atoms with Gasteiger partial charge < -0.3 is 15.0 Å². The third kappa shape index (κ3) is 2.52. The summed E-state index contributed by atoms with van der Waals surface area (Å²) in [6.07, 6.45) is 6.89. The molecule has 2 aromatic carbocycles. The molecular weight excluding hydrogens is 346 g/mol.